The molecule has 0 aliphatic carbocycles. The number of carbonyl (C=O) groups is 1. The molecule has 2 aromatic rings. The van der Waals surface area contributed by atoms with Crippen molar-refractivity contribution in [3.05, 3.63) is 47.7 Å². The van der Waals surface area contributed by atoms with Gasteiger partial charge in [0.1, 0.15) is 0 Å². The summed E-state index contributed by atoms with van der Waals surface area (Å²) in [5, 5.41) is 0. The van der Waals surface area contributed by atoms with Crippen LogP contribution in [0.2, 0.25) is 0 Å². The van der Waals surface area contributed by atoms with Gasteiger partial charge in [-0.15, -0.1) is 0 Å². The van der Waals surface area contributed by atoms with Gasteiger partial charge in [0.25, 0.3) is 0 Å². The van der Waals surface area contributed by atoms with Crippen LogP contribution in [0.4, 0.5) is 0 Å². The molecule has 0 spiro atoms. The van der Waals surface area contributed by atoms with Crippen LogP contribution in [0.25, 0.3) is 11.1 Å². The smallest absolute Gasteiger partial charge is 0.213 e. The van der Waals surface area contributed by atoms with Crippen molar-refractivity contribution in [3.63, 3.8) is 0 Å². The number of pyridine rings is 1. The first-order valence-corrected chi connectivity index (χ1v) is 5.31. The van der Waals surface area contributed by atoms with Crippen LogP contribution in [0.3, 0.4) is 0 Å². The zero-order valence-corrected chi connectivity index (χ0v) is 9.81. The van der Waals surface area contributed by atoms with Gasteiger partial charge in [-0.05, 0) is 12.5 Å². The van der Waals surface area contributed by atoms with Crippen LogP contribution >= 0.6 is 0 Å². The van der Waals surface area contributed by atoms with Gasteiger partial charge in [-0.2, -0.15) is 0 Å². The van der Waals surface area contributed by atoms with E-state index in [1.54, 1.807) is 12.3 Å². The molecule has 1 heterocycles. The highest BCUT2D eigenvalue weighted by Crippen LogP contribution is 2.24. The molecular weight excluding hydrogens is 214 g/mol. The molecule has 3 heteroatoms. The van der Waals surface area contributed by atoms with E-state index >= 15 is 0 Å². The molecule has 17 heavy (non-hydrogen) atoms. The quantitative estimate of drug-likeness (QED) is 0.757. The summed E-state index contributed by atoms with van der Waals surface area (Å²) in [6.45, 7) is 2.02. The van der Waals surface area contributed by atoms with Gasteiger partial charge in [-0.1, -0.05) is 29.8 Å². The van der Waals surface area contributed by atoms with Gasteiger partial charge in [-0.25, -0.2) is 4.98 Å². The molecular formula is C14H13NO2. The minimum Gasteiger partial charge on any atom is -0.481 e. The molecule has 2 rings (SSSR count). The van der Waals surface area contributed by atoms with Gasteiger partial charge >= 0.3 is 0 Å². The molecule has 1 aromatic carbocycles. The Morgan fingerprint density at radius 2 is 1.94 bits per heavy atom. The number of aromatic nitrogens is 1. The van der Waals surface area contributed by atoms with Gasteiger partial charge in [0.15, 0.2) is 6.29 Å². The molecule has 0 saturated heterocycles. The molecule has 0 amide bonds. The number of hydrogen-bond donors (Lipinski definition) is 0. The Balaban J connectivity index is 2.51. The minimum atomic E-state index is 0.447. The van der Waals surface area contributed by atoms with Crippen LogP contribution in [0.1, 0.15) is 15.9 Å². The molecule has 0 fully saturated rings. The minimum absolute atomic E-state index is 0.447. The third kappa shape index (κ3) is 2.33. The fourth-order valence-electron chi connectivity index (χ4n) is 1.63. The lowest BCUT2D eigenvalue weighted by atomic mass is 10.0. The second-order valence-electron chi connectivity index (χ2n) is 3.80. The van der Waals surface area contributed by atoms with E-state index in [4.69, 9.17) is 4.74 Å². The summed E-state index contributed by atoms with van der Waals surface area (Å²) >= 11 is 0. The number of benzene rings is 1. The third-order valence-electron chi connectivity index (χ3n) is 2.61. The van der Waals surface area contributed by atoms with Gasteiger partial charge in [0.05, 0.1) is 7.11 Å². The lowest BCUT2D eigenvalue weighted by Crippen LogP contribution is -1.93. The van der Waals surface area contributed by atoms with Crippen LogP contribution < -0.4 is 4.74 Å². The average molecular weight is 227 g/mol. The summed E-state index contributed by atoms with van der Waals surface area (Å²) in [6.07, 6.45) is 2.48. The zero-order valence-electron chi connectivity index (χ0n) is 9.81. The van der Waals surface area contributed by atoms with E-state index < -0.39 is 0 Å². The summed E-state index contributed by atoms with van der Waals surface area (Å²) in [6, 6.07) is 9.61. The summed E-state index contributed by atoms with van der Waals surface area (Å²) in [5.74, 6) is 0.447. The monoisotopic (exact) mass is 227 g/mol. The standard InChI is InChI=1S/C14H13NO2/c1-10-3-5-11(6-4-10)13-8-15-14(17-2)7-12(13)9-16/h3-9H,1-2H3. The predicted octanol–water partition coefficient (Wildman–Crippen LogP) is 2.88. The Hall–Kier alpha value is -2.16. The molecule has 0 saturated carbocycles. The Kier molecular flexibility index (Phi) is 3.19. The molecule has 3 nitrogen and oxygen atoms in total. The largest absolute Gasteiger partial charge is 0.481 e. The van der Waals surface area contributed by atoms with Gasteiger partial charge in [0, 0.05) is 23.4 Å². The SMILES string of the molecule is COc1cc(C=O)c(-c2ccc(C)cc2)cn1. The molecule has 0 bridgehead atoms. The topological polar surface area (TPSA) is 39.2 Å². The molecule has 0 N–H and O–H groups in total. The van der Waals surface area contributed by atoms with Crippen molar-refractivity contribution < 1.29 is 9.53 Å². The normalized spacial score (nSPS) is 10.0. The van der Waals surface area contributed by atoms with Crippen molar-refractivity contribution in [1.82, 2.24) is 4.98 Å². The van der Waals surface area contributed by atoms with Crippen molar-refractivity contribution >= 4 is 6.29 Å². The molecule has 0 atom stereocenters. The summed E-state index contributed by atoms with van der Waals surface area (Å²) in [5.41, 5.74) is 3.57. The van der Waals surface area contributed by atoms with E-state index in [9.17, 15) is 4.79 Å². The maximum absolute atomic E-state index is 11.1. The van der Waals surface area contributed by atoms with Crippen LogP contribution in [0, 0.1) is 6.92 Å². The molecule has 0 radical (unpaired) electrons. The second-order valence-corrected chi connectivity index (χ2v) is 3.80. The van der Waals surface area contributed by atoms with E-state index in [0.29, 0.717) is 11.4 Å². The number of aryl methyl sites for hydroxylation is 1. The Morgan fingerprint density at radius 1 is 1.24 bits per heavy atom. The first-order valence-electron chi connectivity index (χ1n) is 5.31. The van der Waals surface area contributed by atoms with E-state index in [0.717, 1.165) is 17.4 Å². The Morgan fingerprint density at radius 3 is 2.53 bits per heavy atom. The van der Waals surface area contributed by atoms with Crippen molar-refractivity contribution in [3.8, 4) is 17.0 Å². The number of hydrogen-bond acceptors (Lipinski definition) is 3. The number of carbonyl (C=O) groups excluding carboxylic acids is 1. The van der Waals surface area contributed by atoms with E-state index in [2.05, 4.69) is 4.98 Å². The number of methoxy groups -OCH3 is 1. The lowest BCUT2D eigenvalue weighted by Gasteiger charge is -2.06. The number of nitrogens with zero attached hydrogens (tertiary/aromatic N) is 1. The van der Waals surface area contributed by atoms with Gasteiger partial charge in [-0.3, -0.25) is 4.79 Å². The first kappa shape index (κ1) is 11.3. The fraction of sp³-hybridized carbons (Fsp3) is 0.143. The highest BCUT2D eigenvalue weighted by molar-refractivity contribution is 5.87. The Bertz CT molecular complexity index is 532. The first-order chi connectivity index (χ1) is 8.24. The van der Waals surface area contributed by atoms with E-state index in [1.807, 2.05) is 31.2 Å². The van der Waals surface area contributed by atoms with Crippen molar-refractivity contribution in [2.45, 2.75) is 6.92 Å². The molecule has 0 aliphatic rings. The second kappa shape index (κ2) is 4.78. The van der Waals surface area contributed by atoms with Crippen LogP contribution in [-0.2, 0) is 0 Å². The van der Waals surface area contributed by atoms with Crippen LogP contribution in [0.15, 0.2) is 36.5 Å². The highest BCUT2D eigenvalue weighted by atomic mass is 16.5. The Labute approximate surface area is 100 Å². The molecule has 0 unspecified atom stereocenters. The predicted molar refractivity (Wildman–Crippen MR) is 66.3 cm³/mol. The molecule has 0 aliphatic heterocycles. The summed E-state index contributed by atoms with van der Waals surface area (Å²) < 4.78 is 5.00. The number of ether oxygens (including phenoxy) is 1. The van der Waals surface area contributed by atoms with Gasteiger partial charge < -0.3 is 4.74 Å². The summed E-state index contributed by atoms with van der Waals surface area (Å²) in [7, 11) is 1.53. The van der Waals surface area contributed by atoms with Crippen molar-refractivity contribution in [2.75, 3.05) is 7.11 Å². The van der Waals surface area contributed by atoms with E-state index in [-0.39, 0.29) is 0 Å². The third-order valence-corrected chi connectivity index (χ3v) is 2.61. The molecule has 86 valence electrons. The number of aldehydes is 1. The van der Waals surface area contributed by atoms with Gasteiger partial charge in [0.2, 0.25) is 5.88 Å². The molecule has 1 aromatic heterocycles. The maximum Gasteiger partial charge on any atom is 0.213 e. The zero-order chi connectivity index (χ0) is 12.3. The average Bonchev–Trinajstić information content (AvgIpc) is 2.39. The van der Waals surface area contributed by atoms with Crippen molar-refractivity contribution in [1.29, 1.82) is 0 Å². The van der Waals surface area contributed by atoms with Crippen molar-refractivity contribution in [2.24, 2.45) is 0 Å². The summed E-state index contributed by atoms with van der Waals surface area (Å²) in [4.78, 5) is 15.2. The lowest BCUT2D eigenvalue weighted by molar-refractivity contribution is 0.112. The highest BCUT2D eigenvalue weighted by Gasteiger charge is 2.06. The maximum atomic E-state index is 11.1. The van der Waals surface area contributed by atoms with Crippen LogP contribution in [-0.4, -0.2) is 18.4 Å². The van der Waals surface area contributed by atoms with Crippen LogP contribution in [0.5, 0.6) is 5.88 Å². The fourth-order valence-corrected chi connectivity index (χ4v) is 1.63. The van der Waals surface area contributed by atoms with E-state index in [1.165, 1.54) is 12.7 Å². The number of rotatable bonds is 3.